The van der Waals surface area contributed by atoms with Crippen molar-refractivity contribution in [2.45, 2.75) is 24.9 Å². The first-order valence-electron chi connectivity index (χ1n) is 12.0. The fourth-order valence-electron chi connectivity index (χ4n) is 4.43. The summed E-state index contributed by atoms with van der Waals surface area (Å²) in [4.78, 5) is 7.78. The normalized spacial score (nSPS) is 15.5. The van der Waals surface area contributed by atoms with Crippen LogP contribution in [0.25, 0.3) is 10.9 Å². The van der Waals surface area contributed by atoms with E-state index in [9.17, 15) is 14.0 Å². The van der Waals surface area contributed by atoms with E-state index in [-0.39, 0.29) is 17.3 Å². The number of benzene rings is 2. The smallest absolute Gasteiger partial charge is 0.249 e. The summed E-state index contributed by atoms with van der Waals surface area (Å²) in [7, 11) is 0. The highest BCUT2D eigenvalue weighted by Crippen LogP contribution is 2.38. The molecule has 4 N–H and O–H groups in total. The van der Waals surface area contributed by atoms with Crippen LogP contribution < -0.4 is 21.6 Å². The van der Waals surface area contributed by atoms with Crippen LogP contribution in [0.2, 0.25) is 10.0 Å². The molecular formula is C27H20Cl2F2N8. The van der Waals surface area contributed by atoms with Gasteiger partial charge in [0.1, 0.15) is 6.07 Å². The first-order valence-corrected chi connectivity index (χ1v) is 12.8. The molecule has 0 saturated heterocycles. The third kappa shape index (κ3) is 5.00. The summed E-state index contributed by atoms with van der Waals surface area (Å²) in [6.07, 6.45) is 6.75. The van der Waals surface area contributed by atoms with Crippen molar-refractivity contribution in [2.75, 3.05) is 10.6 Å². The number of halogens is 4. The fourth-order valence-corrected chi connectivity index (χ4v) is 4.95. The lowest BCUT2D eigenvalue weighted by Gasteiger charge is -2.23. The van der Waals surface area contributed by atoms with Gasteiger partial charge in [-0.1, -0.05) is 41.4 Å². The Labute approximate surface area is 232 Å². The van der Waals surface area contributed by atoms with E-state index >= 15 is 0 Å². The summed E-state index contributed by atoms with van der Waals surface area (Å²) in [5.74, 6) is -2.34. The van der Waals surface area contributed by atoms with Crippen molar-refractivity contribution in [1.29, 1.82) is 5.26 Å². The van der Waals surface area contributed by atoms with E-state index in [1.54, 1.807) is 12.1 Å². The van der Waals surface area contributed by atoms with Gasteiger partial charge in [-0.25, -0.2) is 9.37 Å². The number of nitrogens with zero attached hydrogens (tertiary/aromatic N) is 4. The summed E-state index contributed by atoms with van der Waals surface area (Å²) >= 11 is 13.3. The standard InChI is InChI=1S/C27H20Cl2F2N8/c28-20-4-2-1-3-18(20)26(23-13-39(38-37-23)17-5-6-17)35-15-7-19-24(36-16-9-22(30)27(31)34-12-16)14(10-32)11-33-25(19)21(29)8-15/h1-4,7-9,11-13,17,26,35,37-38H,5-6H2,(H,33,36). The van der Waals surface area contributed by atoms with Crippen molar-refractivity contribution in [3.8, 4) is 6.07 Å². The second-order valence-corrected chi connectivity index (χ2v) is 10.0. The lowest BCUT2D eigenvalue weighted by Crippen LogP contribution is -2.38. The predicted molar refractivity (Wildman–Crippen MR) is 146 cm³/mol. The molecule has 0 radical (unpaired) electrons. The largest absolute Gasteiger partial charge is 0.373 e. The first kappa shape index (κ1) is 25.1. The lowest BCUT2D eigenvalue weighted by molar-refractivity contribution is 0.260. The summed E-state index contributed by atoms with van der Waals surface area (Å²) in [5, 5.41) is 19.7. The van der Waals surface area contributed by atoms with Crippen LogP contribution >= 0.6 is 23.2 Å². The molecule has 1 atom stereocenters. The van der Waals surface area contributed by atoms with Gasteiger partial charge in [0, 0.05) is 40.6 Å². The number of nitrogens with one attached hydrogen (secondary N) is 4. The van der Waals surface area contributed by atoms with Crippen LogP contribution in [0.4, 0.5) is 25.8 Å². The molecular weight excluding hydrogens is 545 g/mol. The molecule has 3 heterocycles. The maximum atomic E-state index is 13.9. The minimum Gasteiger partial charge on any atom is -0.373 e. The van der Waals surface area contributed by atoms with Crippen molar-refractivity contribution in [2.24, 2.45) is 0 Å². The van der Waals surface area contributed by atoms with Crippen molar-refractivity contribution in [3.63, 3.8) is 0 Å². The molecule has 1 aliphatic heterocycles. The van der Waals surface area contributed by atoms with Gasteiger partial charge in [0.2, 0.25) is 5.95 Å². The van der Waals surface area contributed by atoms with Gasteiger partial charge in [-0.05, 0) is 36.6 Å². The van der Waals surface area contributed by atoms with E-state index < -0.39 is 11.8 Å². The van der Waals surface area contributed by atoms with Gasteiger partial charge < -0.3 is 16.1 Å². The second-order valence-electron chi connectivity index (χ2n) is 9.19. The van der Waals surface area contributed by atoms with E-state index in [2.05, 4.69) is 37.6 Å². The number of nitriles is 1. The van der Waals surface area contributed by atoms with E-state index in [0.717, 1.165) is 36.4 Å². The van der Waals surface area contributed by atoms with Crippen molar-refractivity contribution in [3.05, 3.63) is 99.7 Å². The SMILES string of the molecule is N#Cc1cnc2c(Cl)cc(NC(C3=CN(C4CC4)NN3)c3ccccc3Cl)cc2c1Nc1cnc(F)c(F)c1. The Hall–Kier alpha value is -4.17. The molecule has 1 unspecified atom stereocenters. The van der Waals surface area contributed by atoms with E-state index in [0.29, 0.717) is 38.4 Å². The van der Waals surface area contributed by atoms with Crippen LogP contribution in [-0.2, 0) is 0 Å². The molecule has 4 aromatic rings. The summed E-state index contributed by atoms with van der Waals surface area (Å²) in [6.45, 7) is 0. The Bertz CT molecular complexity index is 1670. The molecule has 0 bridgehead atoms. The Kier molecular flexibility index (Phi) is 6.56. The minimum absolute atomic E-state index is 0.160. The third-order valence-electron chi connectivity index (χ3n) is 6.50. The molecule has 1 aliphatic carbocycles. The lowest BCUT2D eigenvalue weighted by atomic mass is 10.0. The maximum Gasteiger partial charge on any atom is 0.249 e. The molecule has 0 amide bonds. The molecule has 1 fully saturated rings. The summed E-state index contributed by atoms with van der Waals surface area (Å²) in [6, 6.07) is 14.1. The van der Waals surface area contributed by atoms with Crippen LogP contribution in [0.1, 0.15) is 30.0 Å². The zero-order chi connectivity index (χ0) is 27.1. The topological polar surface area (TPSA) is 101 Å². The fraction of sp³-hybridized carbons (Fsp3) is 0.148. The van der Waals surface area contributed by atoms with Gasteiger partial charge >= 0.3 is 0 Å². The Morgan fingerprint density at radius 1 is 1.05 bits per heavy atom. The average Bonchev–Trinajstić information content (AvgIpc) is 3.67. The molecule has 196 valence electrons. The molecule has 8 nitrogen and oxygen atoms in total. The van der Waals surface area contributed by atoms with Crippen molar-refractivity contribution < 1.29 is 8.78 Å². The van der Waals surface area contributed by atoms with Gasteiger partial charge in [-0.2, -0.15) is 9.65 Å². The van der Waals surface area contributed by atoms with Gasteiger partial charge in [0.05, 0.1) is 45.4 Å². The van der Waals surface area contributed by atoms with E-state index in [1.807, 2.05) is 35.5 Å². The van der Waals surface area contributed by atoms with Crippen LogP contribution in [0.3, 0.4) is 0 Å². The average molecular weight is 565 g/mol. The number of fused-ring (bicyclic) bond motifs is 1. The Morgan fingerprint density at radius 2 is 1.87 bits per heavy atom. The molecule has 6 rings (SSSR count). The summed E-state index contributed by atoms with van der Waals surface area (Å²) in [5.41, 5.74) is 9.83. The highest BCUT2D eigenvalue weighted by atomic mass is 35.5. The van der Waals surface area contributed by atoms with Crippen molar-refractivity contribution >= 4 is 51.2 Å². The Balaban J connectivity index is 1.43. The molecule has 39 heavy (non-hydrogen) atoms. The monoisotopic (exact) mass is 564 g/mol. The molecule has 2 aliphatic rings. The second kappa shape index (κ2) is 10.2. The van der Waals surface area contributed by atoms with Crippen LogP contribution in [0.15, 0.2) is 66.8 Å². The first-order chi connectivity index (χ1) is 18.9. The molecule has 2 aromatic carbocycles. The van der Waals surface area contributed by atoms with Gasteiger partial charge in [0.25, 0.3) is 0 Å². The minimum atomic E-state index is -1.22. The molecule has 12 heteroatoms. The van der Waals surface area contributed by atoms with Crippen LogP contribution in [-0.4, -0.2) is 21.0 Å². The van der Waals surface area contributed by atoms with Crippen LogP contribution in [0.5, 0.6) is 0 Å². The number of pyridine rings is 2. The molecule has 1 saturated carbocycles. The number of hydrogen-bond donors (Lipinski definition) is 4. The third-order valence-corrected chi connectivity index (χ3v) is 7.13. The number of anilines is 3. The quantitative estimate of drug-likeness (QED) is 0.194. The van der Waals surface area contributed by atoms with E-state index in [4.69, 9.17) is 23.2 Å². The number of rotatable bonds is 7. The number of aromatic nitrogens is 2. The van der Waals surface area contributed by atoms with E-state index in [1.165, 1.54) is 6.20 Å². The van der Waals surface area contributed by atoms with Gasteiger partial charge in [-0.3, -0.25) is 9.99 Å². The van der Waals surface area contributed by atoms with Gasteiger partial charge in [-0.15, -0.1) is 5.53 Å². The highest BCUT2D eigenvalue weighted by Gasteiger charge is 2.32. The van der Waals surface area contributed by atoms with Crippen LogP contribution in [0, 0.1) is 23.1 Å². The maximum absolute atomic E-state index is 13.9. The number of hydrazine groups is 2. The zero-order valence-electron chi connectivity index (χ0n) is 20.1. The highest BCUT2D eigenvalue weighted by molar-refractivity contribution is 6.36. The molecule has 2 aromatic heterocycles. The summed E-state index contributed by atoms with van der Waals surface area (Å²) < 4.78 is 27.3. The van der Waals surface area contributed by atoms with Gasteiger partial charge in [0.15, 0.2) is 5.82 Å². The number of hydrogen-bond acceptors (Lipinski definition) is 8. The Morgan fingerprint density at radius 3 is 2.62 bits per heavy atom. The van der Waals surface area contributed by atoms with Crippen molar-refractivity contribution in [1.82, 2.24) is 25.9 Å². The zero-order valence-corrected chi connectivity index (χ0v) is 21.7. The molecule has 0 spiro atoms. The predicted octanol–water partition coefficient (Wildman–Crippen LogP) is 6.31.